The maximum absolute atomic E-state index is 10.7. The minimum atomic E-state index is -0.667. The summed E-state index contributed by atoms with van der Waals surface area (Å²) in [6.45, 7) is 4.56. The topological polar surface area (TPSA) is 29.5 Å². The van der Waals surface area contributed by atoms with Gasteiger partial charge in [0.1, 0.15) is 11.9 Å². The molecular weight excluding hydrogens is 268 g/mol. The van der Waals surface area contributed by atoms with Crippen LogP contribution in [0, 0.1) is 6.92 Å². The van der Waals surface area contributed by atoms with Gasteiger partial charge in [0.15, 0.2) is 0 Å². The molecular formula is C17H20O2S. The molecule has 2 aromatic carbocycles. The Morgan fingerprint density at radius 1 is 1.15 bits per heavy atom. The van der Waals surface area contributed by atoms with Gasteiger partial charge in [-0.25, -0.2) is 0 Å². The minimum absolute atomic E-state index is 0.590. The van der Waals surface area contributed by atoms with Crippen molar-refractivity contribution in [2.45, 2.75) is 24.8 Å². The molecule has 1 unspecified atom stereocenters. The molecule has 0 aliphatic carbocycles. The Kier molecular flexibility index (Phi) is 5.10. The van der Waals surface area contributed by atoms with Crippen LogP contribution in [0.1, 0.15) is 29.7 Å². The van der Waals surface area contributed by atoms with E-state index in [1.807, 2.05) is 62.6 Å². The van der Waals surface area contributed by atoms with Crippen LogP contribution in [0.15, 0.2) is 47.4 Å². The van der Waals surface area contributed by atoms with Crippen molar-refractivity contribution in [1.29, 1.82) is 0 Å². The molecule has 3 heteroatoms. The Balaban J connectivity index is 2.46. The predicted octanol–water partition coefficient (Wildman–Crippen LogP) is 4.20. The van der Waals surface area contributed by atoms with E-state index in [0.717, 1.165) is 27.3 Å². The first-order chi connectivity index (χ1) is 9.67. The highest BCUT2D eigenvalue weighted by atomic mass is 32.2. The average Bonchev–Trinajstić information content (AvgIpc) is 2.48. The van der Waals surface area contributed by atoms with Gasteiger partial charge in [0, 0.05) is 10.5 Å². The second kappa shape index (κ2) is 6.82. The molecule has 0 saturated heterocycles. The van der Waals surface area contributed by atoms with Crippen molar-refractivity contribution in [2.75, 3.05) is 12.9 Å². The predicted molar refractivity (Wildman–Crippen MR) is 84.6 cm³/mol. The number of aliphatic hydroxyl groups is 1. The molecule has 0 aliphatic heterocycles. The minimum Gasteiger partial charge on any atom is -0.493 e. The Labute approximate surface area is 124 Å². The molecule has 0 saturated carbocycles. The van der Waals surface area contributed by atoms with Gasteiger partial charge in [0.25, 0.3) is 0 Å². The maximum atomic E-state index is 10.7. The van der Waals surface area contributed by atoms with Crippen LogP contribution in [0.3, 0.4) is 0 Å². The van der Waals surface area contributed by atoms with Crippen LogP contribution in [0.25, 0.3) is 0 Å². The molecule has 2 nitrogen and oxygen atoms in total. The Morgan fingerprint density at radius 3 is 2.60 bits per heavy atom. The van der Waals surface area contributed by atoms with Crippen LogP contribution in [0.5, 0.6) is 5.75 Å². The first-order valence-corrected chi connectivity index (χ1v) is 7.94. The van der Waals surface area contributed by atoms with E-state index in [1.54, 1.807) is 11.8 Å². The monoisotopic (exact) mass is 288 g/mol. The zero-order valence-electron chi connectivity index (χ0n) is 12.1. The summed E-state index contributed by atoms with van der Waals surface area (Å²) in [6.07, 6.45) is 1.35. The molecule has 2 aromatic rings. The van der Waals surface area contributed by atoms with Gasteiger partial charge in [0.2, 0.25) is 0 Å². The molecule has 0 spiro atoms. The van der Waals surface area contributed by atoms with E-state index >= 15 is 0 Å². The van der Waals surface area contributed by atoms with Crippen LogP contribution in [0.4, 0.5) is 0 Å². The van der Waals surface area contributed by atoms with Crippen molar-refractivity contribution in [2.24, 2.45) is 0 Å². The van der Waals surface area contributed by atoms with Crippen molar-refractivity contribution in [3.05, 3.63) is 59.2 Å². The van der Waals surface area contributed by atoms with Gasteiger partial charge in [0.05, 0.1) is 6.61 Å². The van der Waals surface area contributed by atoms with Crippen LogP contribution in [-0.4, -0.2) is 18.0 Å². The van der Waals surface area contributed by atoms with E-state index in [0.29, 0.717) is 6.61 Å². The maximum Gasteiger partial charge on any atom is 0.125 e. The highest BCUT2D eigenvalue weighted by Gasteiger charge is 2.18. The lowest BCUT2D eigenvalue weighted by molar-refractivity contribution is 0.209. The fourth-order valence-corrected chi connectivity index (χ4v) is 2.86. The SMILES string of the molecule is CCOc1ccc(C)cc1C(O)c1ccccc1SC. The zero-order valence-corrected chi connectivity index (χ0v) is 12.9. The summed E-state index contributed by atoms with van der Waals surface area (Å²) >= 11 is 1.64. The van der Waals surface area contributed by atoms with E-state index < -0.39 is 6.10 Å². The molecule has 1 N–H and O–H groups in total. The lowest BCUT2D eigenvalue weighted by atomic mass is 9.99. The molecule has 0 bridgehead atoms. The van der Waals surface area contributed by atoms with Crippen molar-refractivity contribution in [1.82, 2.24) is 0 Å². The molecule has 0 radical (unpaired) electrons. The Morgan fingerprint density at radius 2 is 1.90 bits per heavy atom. The van der Waals surface area contributed by atoms with Crippen LogP contribution < -0.4 is 4.74 Å². The third-order valence-electron chi connectivity index (χ3n) is 3.19. The quantitative estimate of drug-likeness (QED) is 0.836. The Hall–Kier alpha value is -1.45. The second-order valence-corrected chi connectivity index (χ2v) is 5.47. The van der Waals surface area contributed by atoms with E-state index in [4.69, 9.17) is 4.74 Å². The zero-order chi connectivity index (χ0) is 14.5. The molecule has 0 heterocycles. The summed E-state index contributed by atoms with van der Waals surface area (Å²) in [5, 5.41) is 10.7. The van der Waals surface area contributed by atoms with Gasteiger partial charge in [-0.15, -0.1) is 11.8 Å². The lowest BCUT2D eigenvalue weighted by Crippen LogP contribution is -2.05. The number of hydrogen-bond acceptors (Lipinski definition) is 3. The van der Waals surface area contributed by atoms with Gasteiger partial charge in [-0.05, 0) is 43.9 Å². The summed E-state index contributed by atoms with van der Waals surface area (Å²) in [7, 11) is 0. The van der Waals surface area contributed by atoms with Crippen LogP contribution in [-0.2, 0) is 0 Å². The largest absolute Gasteiger partial charge is 0.493 e. The molecule has 20 heavy (non-hydrogen) atoms. The third-order valence-corrected chi connectivity index (χ3v) is 4.00. The highest BCUT2D eigenvalue weighted by molar-refractivity contribution is 7.98. The summed E-state index contributed by atoms with van der Waals surface area (Å²) < 4.78 is 5.64. The van der Waals surface area contributed by atoms with Gasteiger partial charge >= 0.3 is 0 Å². The average molecular weight is 288 g/mol. The molecule has 0 aliphatic rings. The summed E-state index contributed by atoms with van der Waals surface area (Å²) in [5.74, 6) is 0.751. The summed E-state index contributed by atoms with van der Waals surface area (Å²) in [4.78, 5) is 1.09. The molecule has 0 amide bonds. The van der Waals surface area contributed by atoms with Gasteiger partial charge in [-0.1, -0.05) is 29.8 Å². The fourth-order valence-electron chi connectivity index (χ4n) is 2.23. The first-order valence-electron chi connectivity index (χ1n) is 6.71. The number of aliphatic hydroxyl groups excluding tert-OH is 1. The Bertz CT molecular complexity index is 581. The molecule has 106 valence electrons. The van der Waals surface area contributed by atoms with Crippen molar-refractivity contribution in [3.63, 3.8) is 0 Å². The van der Waals surface area contributed by atoms with Crippen molar-refractivity contribution in [3.8, 4) is 5.75 Å². The highest BCUT2D eigenvalue weighted by Crippen LogP contribution is 2.35. The van der Waals surface area contributed by atoms with E-state index in [-0.39, 0.29) is 0 Å². The lowest BCUT2D eigenvalue weighted by Gasteiger charge is -2.18. The van der Waals surface area contributed by atoms with Crippen molar-refractivity contribution >= 4 is 11.8 Å². The fraction of sp³-hybridized carbons (Fsp3) is 0.294. The standard InChI is InChI=1S/C17H20O2S/c1-4-19-15-10-9-12(2)11-14(15)17(18)13-7-5-6-8-16(13)20-3/h5-11,17-18H,4H2,1-3H3. The summed E-state index contributed by atoms with van der Waals surface area (Å²) in [6, 6.07) is 13.9. The molecule has 2 rings (SSSR count). The number of hydrogen-bond donors (Lipinski definition) is 1. The smallest absolute Gasteiger partial charge is 0.125 e. The third kappa shape index (κ3) is 3.17. The first kappa shape index (κ1) is 14.9. The summed E-state index contributed by atoms with van der Waals surface area (Å²) in [5.41, 5.74) is 2.86. The van der Waals surface area contributed by atoms with Gasteiger partial charge in [-0.3, -0.25) is 0 Å². The normalized spacial score (nSPS) is 12.2. The molecule has 1 atom stereocenters. The number of benzene rings is 2. The van der Waals surface area contributed by atoms with Crippen molar-refractivity contribution < 1.29 is 9.84 Å². The number of rotatable bonds is 5. The number of aryl methyl sites for hydroxylation is 1. The van der Waals surface area contributed by atoms with Crippen LogP contribution in [0.2, 0.25) is 0 Å². The van der Waals surface area contributed by atoms with E-state index in [2.05, 4.69) is 0 Å². The second-order valence-electron chi connectivity index (χ2n) is 4.62. The number of thioether (sulfide) groups is 1. The van der Waals surface area contributed by atoms with E-state index in [9.17, 15) is 5.11 Å². The number of ether oxygens (including phenoxy) is 1. The van der Waals surface area contributed by atoms with Crippen LogP contribution >= 0.6 is 11.8 Å². The molecule has 0 aromatic heterocycles. The van der Waals surface area contributed by atoms with Gasteiger partial charge < -0.3 is 9.84 Å². The van der Waals surface area contributed by atoms with Gasteiger partial charge in [-0.2, -0.15) is 0 Å². The molecule has 0 fully saturated rings. The van der Waals surface area contributed by atoms with E-state index in [1.165, 1.54) is 0 Å².